The second-order valence-corrected chi connectivity index (χ2v) is 8.60. The van der Waals surface area contributed by atoms with Gasteiger partial charge in [-0.2, -0.15) is 4.31 Å². The molecule has 3 rings (SSSR count). The maximum atomic E-state index is 13.0. The maximum absolute atomic E-state index is 13.0. The standard InChI is InChI=1S/C16H22N4O5S.ClH/c1-16(14(21)18-15(22)19-16)12-8-11(5-6-13(12)25-2)26(23,24)20-7-3-4-10(17)9-20;/h5-6,8,10H,3-4,7,9,17H2,1-2H3,(H2,18,19,21,22);1H. The predicted octanol–water partition coefficient (Wildman–Crippen LogP) is 0.283. The summed E-state index contributed by atoms with van der Waals surface area (Å²) in [5.74, 6) is -0.269. The van der Waals surface area contributed by atoms with Crippen molar-refractivity contribution in [3.05, 3.63) is 23.8 Å². The van der Waals surface area contributed by atoms with Gasteiger partial charge in [-0.1, -0.05) is 0 Å². The highest BCUT2D eigenvalue weighted by molar-refractivity contribution is 7.89. The number of hydrogen-bond acceptors (Lipinski definition) is 6. The van der Waals surface area contributed by atoms with Crippen LogP contribution in [0, 0.1) is 0 Å². The molecule has 0 spiro atoms. The van der Waals surface area contributed by atoms with Gasteiger partial charge < -0.3 is 15.8 Å². The van der Waals surface area contributed by atoms with E-state index in [1.54, 1.807) is 0 Å². The molecule has 27 heavy (non-hydrogen) atoms. The van der Waals surface area contributed by atoms with Crippen molar-refractivity contribution in [3.8, 4) is 5.75 Å². The molecule has 0 aromatic heterocycles. The van der Waals surface area contributed by atoms with Crippen LogP contribution in [-0.2, 0) is 20.4 Å². The number of nitrogens with two attached hydrogens (primary N) is 1. The van der Waals surface area contributed by atoms with Gasteiger partial charge in [0.1, 0.15) is 11.3 Å². The van der Waals surface area contributed by atoms with Gasteiger partial charge in [0.25, 0.3) is 5.91 Å². The first kappa shape index (κ1) is 21.4. The highest BCUT2D eigenvalue weighted by Gasteiger charge is 2.46. The van der Waals surface area contributed by atoms with Gasteiger partial charge in [-0.3, -0.25) is 10.1 Å². The van der Waals surface area contributed by atoms with Crippen LogP contribution < -0.4 is 21.1 Å². The van der Waals surface area contributed by atoms with E-state index in [-0.39, 0.29) is 35.5 Å². The minimum Gasteiger partial charge on any atom is -0.496 e. The first-order chi connectivity index (χ1) is 12.2. The van der Waals surface area contributed by atoms with Crippen LogP contribution in [-0.4, -0.2) is 50.9 Å². The smallest absolute Gasteiger partial charge is 0.322 e. The first-order valence-electron chi connectivity index (χ1n) is 8.26. The quantitative estimate of drug-likeness (QED) is 0.602. The fraction of sp³-hybridized carbons (Fsp3) is 0.500. The summed E-state index contributed by atoms with van der Waals surface area (Å²) in [5.41, 5.74) is 4.75. The molecule has 2 aliphatic heterocycles. The Morgan fingerprint density at radius 2 is 2.04 bits per heavy atom. The normalized spacial score (nSPS) is 26.1. The lowest BCUT2D eigenvalue weighted by atomic mass is 9.91. The van der Waals surface area contributed by atoms with Crippen LogP contribution >= 0.6 is 12.4 Å². The zero-order chi connectivity index (χ0) is 19.1. The number of hydrogen-bond donors (Lipinski definition) is 3. The number of nitrogens with one attached hydrogen (secondary N) is 2. The minimum atomic E-state index is -3.78. The number of imide groups is 1. The largest absolute Gasteiger partial charge is 0.496 e. The number of methoxy groups -OCH3 is 1. The van der Waals surface area contributed by atoms with Crippen molar-refractivity contribution in [3.63, 3.8) is 0 Å². The van der Waals surface area contributed by atoms with Crippen LogP contribution in [0.1, 0.15) is 25.3 Å². The molecule has 1 aromatic carbocycles. The Balaban J connectivity index is 0.00000261. The number of halogens is 1. The first-order valence-corrected chi connectivity index (χ1v) is 9.70. The Labute approximate surface area is 164 Å². The summed E-state index contributed by atoms with van der Waals surface area (Å²) < 4.78 is 32.6. The molecular weight excluding hydrogens is 396 g/mol. The lowest BCUT2D eigenvalue weighted by molar-refractivity contribution is -0.123. The topological polar surface area (TPSA) is 131 Å². The third-order valence-corrected chi connectivity index (χ3v) is 6.67. The van der Waals surface area contributed by atoms with Crippen molar-refractivity contribution in [1.82, 2.24) is 14.9 Å². The van der Waals surface area contributed by atoms with E-state index in [1.807, 2.05) is 0 Å². The predicted molar refractivity (Wildman–Crippen MR) is 100 cm³/mol. The SMILES string of the molecule is COc1ccc(S(=O)(=O)N2CCCC(N)C2)cc1C1(C)NC(=O)NC1=O.Cl. The zero-order valence-corrected chi connectivity index (χ0v) is 16.7. The van der Waals surface area contributed by atoms with Crippen molar-refractivity contribution >= 4 is 34.4 Å². The lowest BCUT2D eigenvalue weighted by Gasteiger charge is -2.30. The Bertz CT molecular complexity index is 862. The summed E-state index contributed by atoms with van der Waals surface area (Å²) in [5, 5.41) is 4.69. The molecule has 0 radical (unpaired) electrons. The van der Waals surface area contributed by atoms with E-state index in [0.29, 0.717) is 18.7 Å². The zero-order valence-electron chi connectivity index (χ0n) is 15.0. The number of urea groups is 1. The van der Waals surface area contributed by atoms with Gasteiger partial charge >= 0.3 is 6.03 Å². The van der Waals surface area contributed by atoms with Gasteiger partial charge in [0.2, 0.25) is 10.0 Å². The van der Waals surface area contributed by atoms with Crippen molar-refractivity contribution in [2.24, 2.45) is 5.73 Å². The van der Waals surface area contributed by atoms with Crippen LogP contribution in [0.5, 0.6) is 5.75 Å². The molecule has 3 amide bonds. The Kier molecular flexibility index (Phi) is 6.05. The average molecular weight is 419 g/mol. The number of piperidine rings is 1. The Morgan fingerprint density at radius 3 is 2.59 bits per heavy atom. The molecule has 0 aliphatic carbocycles. The van der Waals surface area contributed by atoms with Crippen molar-refractivity contribution in [2.45, 2.75) is 36.2 Å². The van der Waals surface area contributed by atoms with E-state index in [2.05, 4.69) is 10.6 Å². The molecule has 9 nitrogen and oxygen atoms in total. The number of amides is 3. The number of carbonyl (C=O) groups excluding carboxylic acids is 2. The fourth-order valence-corrected chi connectivity index (χ4v) is 4.87. The van der Waals surface area contributed by atoms with Crippen molar-refractivity contribution in [2.75, 3.05) is 20.2 Å². The summed E-state index contributed by atoms with van der Waals surface area (Å²) in [6.07, 6.45) is 1.48. The molecular formula is C16H23ClN4O5S. The molecule has 0 bridgehead atoms. The maximum Gasteiger partial charge on any atom is 0.322 e. The van der Waals surface area contributed by atoms with Crippen LogP contribution in [0.15, 0.2) is 23.1 Å². The number of rotatable bonds is 4. The second kappa shape index (κ2) is 7.63. The fourth-order valence-electron chi connectivity index (χ4n) is 3.31. The summed E-state index contributed by atoms with van der Waals surface area (Å²) >= 11 is 0. The highest BCUT2D eigenvalue weighted by atomic mass is 35.5. The molecule has 1 aromatic rings. The summed E-state index contributed by atoms with van der Waals surface area (Å²) in [6, 6.07) is 3.44. The van der Waals surface area contributed by atoms with Gasteiger partial charge in [-0.05, 0) is 38.0 Å². The third-order valence-electron chi connectivity index (χ3n) is 4.81. The van der Waals surface area contributed by atoms with Gasteiger partial charge in [-0.15, -0.1) is 12.4 Å². The third kappa shape index (κ3) is 3.75. The van der Waals surface area contributed by atoms with Gasteiger partial charge in [-0.25, -0.2) is 13.2 Å². The Hall–Kier alpha value is -1.88. The van der Waals surface area contributed by atoms with E-state index < -0.39 is 27.5 Å². The number of carbonyl (C=O) groups is 2. The number of benzene rings is 1. The van der Waals surface area contributed by atoms with E-state index >= 15 is 0 Å². The van der Waals surface area contributed by atoms with Crippen LogP contribution in [0.4, 0.5) is 4.79 Å². The molecule has 2 heterocycles. The lowest BCUT2D eigenvalue weighted by Crippen LogP contribution is -2.45. The monoisotopic (exact) mass is 418 g/mol. The molecule has 150 valence electrons. The molecule has 11 heteroatoms. The van der Waals surface area contributed by atoms with E-state index in [4.69, 9.17) is 10.5 Å². The molecule has 0 saturated carbocycles. The molecule has 2 fully saturated rings. The van der Waals surface area contributed by atoms with Gasteiger partial charge in [0.15, 0.2) is 0 Å². The highest BCUT2D eigenvalue weighted by Crippen LogP contribution is 2.35. The van der Waals surface area contributed by atoms with Gasteiger partial charge in [0.05, 0.1) is 12.0 Å². The number of ether oxygens (including phenoxy) is 1. The number of sulfonamides is 1. The molecule has 4 N–H and O–H groups in total. The summed E-state index contributed by atoms with van der Waals surface area (Å²) in [4.78, 5) is 23.9. The van der Waals surface area contributed by atoms with Gasteiger partial charge in [0, 0.05) is 24.7 Å². The Morgan fingerprint density at radius 1 is 1.33 bits per heavy atom. The molecule has 2 saturated heterocycles. The molecule has 2 aliphatic rings. The van der Waals surface area contributed by atoms with Crippen molar-refractivity contribution < 1.29 is 22.7 Å². The average Bonchev–Trinajstić information content (AvgIpc) is 2.87. The van der Waals surface area contributed by atoms with Crippen LogP contribution in [0.25, 0.3) is 0 Å². The van der Waals surface area contributed by atoms with Crippen molar-refractivity contribution in [1.29, 1.82) is 0 Å². The second-order valence-electron chi connectivity index (χ2n) is 6.66. The van der Waals surface area contributed by atoms with Crippen LogP contribution in [0.3, 0.4) is 0 Å². The number of nitrogens with zero attached hydrogens (tertiary/aromatic N) is 1. The minimum absolute atomic E-state index is 0. The molecule has 2 atom stereocenters. The van der Waals surface area contributed by atoms with E-state index in [1.165, 1.54) is 36.5 Å². The summed E-state index contributed by atoms with van der Waals surface area (Å²) in [7, 11) is -2.36. The van der Waals surface area contributed by atoms with Crippen LogP contribution in [0.2, 0.25) is 0 Å². The summed E-state index contributed by atoms with van der Waals surface area (Å²) in [6.45, 7) is 2.14. The van der Waals surface area contributed by atoms with E-state index in [0.717, 1.165) is 6.42 Å². The molecule has 2 unspecified atom stereocenters. The van der Waals surface area contributed by atoms with E-state index in [9.17, 15) is 18.0 Å².